The summed E-state index contributed by atoms with van der Waals surface area (Å²) in [6.07, 6.45) is 0.268. The molecule has 0 saturated heterocycles. The van der Waals surface area contributed by atoms with Crippen LogP contribution in [0.1, 0.15) is 35.4 Å². The van der Waals surface area contributed by atoms with Gasteiger partial charge in [0, 0.05) is 28.9 Å². The second kappa shape index (κ2) is 9.29. The highest BCUT2D eigenvalue weighted by molar-refractivity contribution is 7.10. The van der Waals surface area contributed by atoms with Crippen molar-refractivity contribution in [2.75, 3.05) is 0 Å². The molecule has 3 aromatic rings. The van der Waals surface area contributed by atoms with Gasteiger partial charge < -0.3 is 14.3 Å². The molecule has 0 aliphatic carbocycles. The van der Waals surface area contributed by atoms with Crippen molar-refractivity contribution in [1.29, 1.82) is 0 Å². The molecule has 0 saturated carbocycles. The monoisotopic (exact) mass is 410 g/mol. The van der Waals surface area contributed by atoms with Crippen molar-refractivity contribution in [3.8, 4) is 11.3 Å². The number of aromatic nitrogens is 1. The Balaban J connectivity index is 1.59. The van der Waals surface area contributed by atoms with Crippen molar-refractivity contribution in [2.45, 2.75) is 33.1 Å². The summed E-state index contributed by atoms with van der Waals surface area (Å²) >= 11 is 1.43. The highest BCUT2D eigenvalue weighted by atomic mass is 32.1. The molecule has 29 heavy (non-hydrogen) atoms. The smallest absolute Gasteiger partial charge is 0.246 e. The van der Waals surface area contributed by atoms with Crippen molar-refractivity contribution in [3.63, 3.8) is 0 Å². The Morgan fingerprint density at radius 1 is 1.28 bits per heavy atom. The van der Waals surface area contributed by atoms with Gasteiger partial charge in [-0.1, -0.05) is 30.3 Å². The van der Waals surface area contributed by atoms with Crippen LogP contribution in [0.15, 0.2) is 51.3 Å². The SMILES string of the molecule is C/C(=N/NC(=O)Cc1nc(-c2ccccc2)cs1)c1cc(CCC(=O)[O-])oc1C. The number of carboxylic acid groups (broad SMARTS) is 1. The highest BCUT2D eigenvalue weighted by Crippen LogP contribution is 2.22. The van der Waals surface area contributed by atoms with Gasteiger partial charge in [0.2, 0.25) is 5.91 Å². The number of aryl methyl sites for hydroxylation is 2. The Hall–Kier alpha value is -3.26. The first kappa shape index (κ1) is 20.5. The molecular weight excluding hydrogens is 390 g/mol. The average molecular weight is 410 g/mol. The van der Waals surface area contributed by atoms with Crippen LogP contribution in [-0.2, 0) is 22.4 Å². The Bertz CT molecular complexity index is 1040. The Labute approximate surface area is 172 Å². The number of thiazole rings is 1. The average Bonchev–Trinajstić information content (AvgIpc) is 3.32. The molecule has 1 N–H and O–H groups in total. The minimum absolute atomic E-state index is 0.113. The summed E-state index contributed by atoms with van der Waals surface area (Å²) in [7, 11) is 0. The van der Waals surface area contributed by atoms with Gasteiger partial charge in [-0.2, -0.15) is 5.10 Å². The lowest BCUT2D eigenvalue weighted by Gasteiger charge is -2.01. The van der Waals surface area contributed by atoms with Crippen LogP contribution in [0.2, 0.25) is 0 Å². The van der Waals surface area contributed by atoms with Gasteiger partial charge in [-0.25, -0.2) is 10.4 Å². The highest BCUT2D eigenvalue weighted by Gasteiger charge is 2.12. The molecule has 0 radical (unpaired) electrons. The van der Waals surface area contributed by atoms with Crippen LogP contribution >= 0.6 is 11.3 Å². The van der Waals surface area contributed by atoms with E-state index in [-0.39, 0.29) is 25.2 Å². The van der Waals surface area contributed by atoms with E-state index in [0.29, 0.717) is 22.2 Å². The second-order valence-electron chi connectivity index (χ2n) is 6.46. The summed E-state index contributed by atoms with van der Waals surface area (Å²) in [5.41, 5.74) is 5.68. The van der Waals surface area contributed by atoms with Crippen molar-refractivity contribution in [2.24, 2.45) is 5.10 Å². The van der Waals surface area contributed by atoms with Crippen LogP contribution in [-0.4, -0.2) is 22.6 Å². The predicted molar refractivity (Wildman–Crippen MR) is 108 cm³/mol. The lowest BCUT2D eigenvalue weighted by molar-refractivity contribution is -0.305. The van der Waals surface area contributed by atoms with E-state index in [2.05, 4.69) is 15.5 Å². The van der Waals surface area contributed by atoms with E-state index in [1.807, 2.05) is 35.7 Å². The van der Waals surface area contributed by atoms with Crippen LogP contribution in [0.4, 0.5) is 0 Å². The first-order chi connectivity index (χ1) is 13.9. The number of aliphatic carboxylic acids is 1. The number of nitrogens with zero attached hydrogens (tertiary/aromatic N) is 2. The molecule has 1 aromatic carbocycles. The number of carbonyl (C=O) groups excluding carboxylic acids is 2. The standard InChI is InChI=1S/C21H21N3O4S/c1-13(17-10-16(28-14(17)2)8-9-21(26)27)23-24-19(25)11-20-22-18(12-29-20)15-6-4-3-5-7-15/h3-7,10,12H,8-9,11H2,1-2H3,(H,24,25)(H,26,27)/p-1/b23-13-. The molecule has 0 aliphatic heterocycles. The fourth-order valence-electron chi connectivity index (χ4n) is 2.77. The van der Waals surface area contributed by atoms with E-state index in [9.17, 15) is 14.7 Å². The van der Waals surface area contributed by atoms with Gasteiger partial charge in [-0.3, -0.25) is 4.79 Å². The number of benzene rings is 1. The zero-order chi connectivity index (χ0) is 20.8. The Morgan fingerprint density at radius 2 is 2.03 bits per heavy atom. The van der Waals surface area contributed by atoms with Crippen LogP contribution in [0.3, 0.4) is 0 Å². The molecule has 1 amide bonds. The van der Waals surface area contributed by atoms with Gasteiger partial charge in [0.05, 0.1) is 17.8 Å². The van der Waals surface area contributed by atoms with E-state index in [4.69, 9.17) is 4.42 Å². The van der Waals surface area contributed by atoms with E-state index >= 15 is 0 Å². The predicted octanol–water partition coefficient (Wildman–Crippen LogP) is 2.48. The first-order valence-electron chi connectivity index (χ1n) is 9.05. The number of nitrogens with one attached hydrogen (secondary N) is 1. The summed E-state index contributed by atoms with van der Waals surface area (Å²) < 4.78 is 5.54. The van der Waals surface area contributed by atoms with Crippen LogP contribution < -0.4 is 10.5 Å². The third-order valence-corrected chi connectivity index (χ3v) is 5.06. The fraction of sp³-hybridized carbons (Fsp3) is 0.238. The van der Waals surface area contributed by atoms with E-state index in [1.54, 1.807) is 19.9 Å². The Kier molecular flexibility index (Phi) is 6.56. The maximum atomic E-state index is 12.2. The van der Waals surface area contributed by atoms with Gasteiger partial charge in [0.1, 0.15) is 16.5 Å². The quantitative estimate of drug-likeness (QED) is 0.453. The lowest BCUT2D eigenvalue weighted by Crippen LogP contribution is -2.22. The molecule has 0 aliphatic rings. The molecule has 0 fully saturated rings. The number of rotatable bonds is 8. The first-order valence-corrected chi connectivity index (χ1v) is 9.93. The van der Waals surface area contributed by atoms with Gasteiger partial charge in [0.15, 0.2) is 0 Å². The van der Waals surface area contributed by atoms with Crippen LogP contribution in [0.25, 0.3) is 11.3 Å². The maximum Gasteiger partial charge on any atom is 0.246 e. The van der Waals surface area contributed by atoms with Crippen LogP contribution in [0.5, 0.6) is 0 Å². The molecule has 8 heteroatoms. The minimum atomic E-state index is -1.13. The van der Waals surface area contributed by atoms with Crippen molar-refractivity contribution in [3.05, 3.63) is 63.9 Å². The molecule has 0 bridgehead atoms. The topological polar surface area (TPSA) is 108 Å². The molecule has 150 valence electrons. The fourth-order valence-corrected chi connectivity index (χ4v) is 3.57. The minimum Gasteiger partial charge on any atom is -0.550 e. The summed E-state index contributed by atoms with van der Waals surface area (Å²) in [5, 5.41) is 17.3. The molecule has 0 spiro atoms. The Morgan fingerprint density at radius 3 is 2.76 bits per heavy atom. The summed E-state index contributed by atoms with van der Waals surface area (Å²) in [6, 6.07) is 11.5. The van der Waals surface area contributed by atoms with E-state index in [0.717, 1.165) is 16.8 Å². The maximum absolute atomic E-state index is 12.2. The molecule has 2 heterocycles. The number of hydrogen-bond acceptors (Lipinski definition) is 7. The molecular formula is C21H20N3O4S-. The summed E-state index contributed by atoms with van der Waals surface area (Å²) in [5.74, 6) is -0.243. The van der Waals surface area contributed by atoms with E-state index < -0.39 is 5.97 Å². The molecule has 2 aromatic heterocycles. The molecule has 0 unspecified atom stereocenters. The van der Waals surface area contributed by atoms with Gasteiger partial charge in [-0.05, 0) is 26.3 Å². The van der Waals surface area contributed by atoms with Gasteiger partial charge in [0.25, 0.3) is 0 Å². The number of carbonyl (C=O) groups is 2. The number of hydrogen-bond donors (Lipinski definition) is 1. The number of carboxylic acids is 1. The number of hydrazone groups is 1. The molecule has 7 nitrogen and oxygen atoms in total. The van der Waals surface area contributed by atoms with E-state index in [1.165, 1.54) is 11.3 Å². The number of amides is 1. The van der Waals surface area contributed by atoms with Crippen molar-refractivity contribution >= 4 is 28.9 Å². The summed E-state index contributed by atoms with van der Waals surface area (Å²) in [6.45, 7) is 3.51. The molecule has 3 rings (SSSR count). The second-order valence-corrected chi connectivity index (χ2v) is 7.40. The lowest BCUT2D eigenvalue weighted by atomic mass is 10.1. The normalized spacial score (nSPS) is 11.4. The van der Waals surface area contributed by atoms with Gasteiger partial charge >= 0.3 is 0 Å². The molecule has 0 atom stereocenters. The zero-order valence-corrected chi connectivity index (χ0v) is 16.9. The summed E-state index contributed by atoms with van der Waals surface area (Å²) in [4.78, 5) is 27.3. The van der Waals surface area contributed by atoms with Crippen LogP contribution in [0, 0.1) is 6.92 Å². The van der Waals surface area contributed by atoms with Crippen molar-refractivity contribution in [1.82, 2.24) is 10.4 Å². The number of furan rings is 1. The third kappa shape index (κ3) is 5.61. The largest absolute Gasteiger partial charge is 0.550 e. The van der Waals surface area contributed by atoms with Gasteiger partial charge in [-0.15, -0.1) is 11.3 Å². The third-order valence-electron chi connectivity index (χ3n) is 4.22. The zero-order valence-electron chi connectivity index (χ0n) is 16.1. The van der Waals surface area contributed by atoms with Crippen molar-refractivity contribution < 1.29 is 19.1 Å².